The van der Waals surface area contributed by atoms with E-state index < -0.39 is 4.92 Å². The number of pyridine rings is 1. The highest BCUT2D eigenvalue weighted by atomic mass is 79.9. The molecule has 0 saturated heterocycles. The first-order valence-electron chi connectivity index (χ1n) is 6.16. The Bertz CT molecular complexity index is 847. The summed E-state index contributed by atoms with van der Waals surface area (Å²) in [6, 6.07) is 14.0. The first kappa shape index (κ1) is 13.5. The summed E-state index contributed by atoms with van der Waals surface area (Å²) in [5.41, 5.74) is 7.67. The highest BCUT2D eigenvalue weighted by molar-refractivity contribution is 9.10. The van der Waals surface area contributed by atoms with Crippen LogP contribution in [-0.4, -0.2) is 9.91 Å². The number of benzene rings is 2. The van der Waals surface area contributed by atoms with Crippen LogP contribution in [0.1, 0.15) is 0 Å². The van der Waals surface area contributed by atoms with Crippen LogP contribution < -0.4 is 5.73 Å². The number of hydrogen-bond acceptors (Lipinski definition) is 4. The molecule has 0 spiro atoms. The number of anilines is 1. The highest BCUT2D eigenvalue weighted by Gasteiger charge is 2.13. The number of halogens is 1. The number of rotatable bonds is 2. The van der Waals surface area contributed by atoms with Crippen LogP contribution in [0, 0.1) is 10.1 Å². The molecule has 3 aromatic rings. The van der Waals surface area contributed by atoms with Crippen molar-refractivity contribution in [2.45, 2.75) is 0 Å². The molecule has 3 rings (SSSR count). The summed E-state index contributed by atoms with van der Waals surface area (Å²) in [5, 5.41) is 12.6. The highest BCUT2D eigenvalue weighted by Crippen LogP contribution is 2.36. The Morgan fingerprint density at radius 2 is 1.67 bits per heavy atom. The maximum Gasteiger partial charge on any atom is 0.269 e. The molecule has 0 aliphatic rings. The minimum absolute atomic E-state index is 0.0479. The Balaban J connectivity index is 2.27. The molecule has 1 aromatic heterocycles. The van der Waals surface area contributed by atoms with Crippen LogP contribution in [0.4, 0.5) is 11.5 Å². The second-order valence-corrected chi connectivity index (χ2v) is 5.26. The molecule has 0 bridgehead atoms. The van der Waals surface area contributed by atoms with E-state index in [1.165, 1.54) is 12.1 Å². The van der Waals surface area contributed by atoms with E-state index in [2.05, 4.69) is 20.9 Å². The maximum atomic E-state index is 10.7. The summed E-state index contributed by atoms with van der Waals surface area (Å²) in [6.45, 7) is 0. The minimum Gasteiger partial charge on any atom is -0.383 e. The van der Waals surface area contributed by atoms with E-state index in [9.17, 15) is 10.1 Å². The van der Waals surface area contributed by atoms with Crippen molar-refractivity contribution in [3.8, 4) is 11.1 Å². The molecule has 6 heteroatoms. The molecule has 0 radical (unpaired) electrons. The average molecular weight is 344 g/mol. The fourth-order valence-electron chi connectivity index (χ4n) is 2.29. The van der Waals surface area contributed by atoms with Crippen LogP contribution in [0.2, 0.25) is 0 Å². The lowest BCUT2D eigenvalue weighted by Crippen LogP contribution is -1.97. The topological polar surface area (TPSA) is 82.0 Å². The van der Waals surface area contributed by atoms with Crippen molar-refractivity contribution < 1.29 is 4.92 Å². The van der Waals surface area contributed by atoms with Gasteiger partial charge in [-0.15, -0.1) is 0 Å². The lowest BCUT2D eigenvalue weighted by atomic mass is 9.99. The van der Waals surface area contributed by atoms with Gasteiger partial charge in [-0.2, -0.15) is 0 Å². The summed E-state index contributed by atoms with van der Waals surface area (Å²) in [5.74, 6) is 0.384. The van der Waals surface area contributed by atoms with E-state index in [4.69, 9.17) is 5.73 Å². The van der Waals surface area contributed by atoms with Crippen molar-refractivity contribution in [1.29, 1.82) is 0 Å². The van der Waals surface area contributed by atoms with E-state index in [0.29, 0.717) is 10.4 Å². The molecule has 104 valence electrons. The predicted octanol–water partition coefficient (Wildman–Crippen LogP) is 4.15. The lowest BCUT2D eigenvalue weighted by Gasteiger charge is -2.11. The molecule has 0 unspecified atom stereocenters. The molecule has 0 aliphatic heterocycles. The van der Waals surface area contributed by atoms with E-state index >= 15 is 0 Å². The Hall–Kier alpha value is -2.47. The van der Waals surface area contributed by atoms with Crippen LogP contribution in [0.5, 0.6) is 0 Å². The van der Waals surface area contributed by atoms with Gasteiger partial charge in [-0.1, -0.05) is 24.3 Å². The molecule has 0 aliphatic carbocycles. The van der Waals surface area contributed by atoms with Gasteiger partial charge >= 0.3 is 0 Å². The van der Waals surface area contributed by atoms with Gasteiger partial charge in [0, 0.05) is 23.1 Å². The fraction of sp³-hybridized carbons (Fsp3) is 0. The third kappa shape index (κ3) is 2.34. The van der Waals surface area contributed by atoms with Gasteiger partial charge < -0.3 is 5.73 Å². The van der Waals surface area contributed by atoms with Gasteiger partial charge in [0.1, 0.15) is 10.4 Å². The molecule has 0 atom stereocenters. The van der Waals surface area contributed by atoms with Crippen molar-refractivity contribution in [2.75, 3.05) is 5.73 Å². The number of hydrogen-bond donors (Lipinski definition) is 1. The van der Waals surface area contributed by atoms with Crippen LogP contribution in [0.25, 0.3) is 21.9 Å². The summed E-state index contributed by atoms with van der Waals surface area (Å²) >= 11 is 3.40. The second-order valence-electron chi connectivity index (χ2n) is 4.51. The Labute approximate surface area is 128 Å². The maximum absolute atomic E-state index is 10.7. The summed E-state index contributed by atoms with van der Waals surface area (Å²) in [7, 11) is 0. The van der Waals surface area contributed by atoms with Crippen LogP contribution in [-0.2, 0) is 0 Å². The molecule has 2 N–H and O–H groups in total. The van der Waals surface area contributed by atoms with Crippen LogP contribution in [0.3, 0.4) is 0 Å². The van der Waals surface area contributed by atoms with Crippen LogP contribution in [0.15, 0.2) is 53.1 Å². The summed E-state index contributed by atoms with van der Waals surface area (Å²) in [6.07, 6.45) is 0. The normalized spacial score (nSPS) is 10.7. The van der Waals surface area contributed by atoms with Gasteiger partial charge in [0.25, 0.3) is 5.69 Å². The van der Waals surface area contributed by atoms with Crippen molar-refractivity contribution in [3.63, 3.8) is 0 Å². The molecular weight excluding hydrogens is 334 g/mol. The standard InChI is InChI=1S/C15H10BrN3O2/c16-14-12-4-2-1-3-11(12)13(15(17)18-14)9-5-7-10(8-6-9)19(20)21/h1-8H,(H2,17,18). The van der Waals surface area contributed by atoms with Crippen molar-refractivity contribution in [1.82, 2.24) is 4.98 Å². The molecule has 0 amide bonds. The minimum atomic E-state index is -0.426. The molecule has 5 nitrogen and oxygen atoms in total. The first-order chi connectivity index (χ1) is 10.1. The average Bonchev–Trinajstić information content (AvgIpc) is 2.48. The van der Waals surface area contributed by atoms with E-state index in [1.54, 1.807) is 12.1 Å². The smallest absolute Gasteiger partial charge is 0.269 e. The zero-order chi connectivity index (χ0) is 15.0. The number of nitro groups is 1. The zero-order valence-electron chi connectivity index (χ0n) is 10.8. The number of nitrogen functional groups attached to an aromatic ring is 1. The van der Waals surface area contributed by atoms with Gasteiger partial charge in [-0.25, -0.2) is 4.98 Å². The number of nitrogens with two attached hydrogens (primary N) is 1. The Morgan fingerprint density at radius 3 is 2.29 bits per heavy atom. The Kier molecular flexibility index (Phi) is 3.31. The van der Waals surface area contributed by atoms with Crippen molar-refractivity contribution >= 4 is 38.2 Å². The van der Waals surface area contributed by atoms with Gasteiger partial charge in [0.15, 0.2) is 0 Å². The van der Waals surface area contributed by atoms with Crippen molar-refractivity contribution in [2.24, 2.45) is 0 Å². The quantitative estimate of drug-likeness (QED) is 0.430. The predicted molar refractivity (Wildman–Crippen MR) is 85.9 cm³/mol. The largest absolute Gasteiger partial charge is 0.383 e. The third-order valence-corrected chi connectivity index (χ3v) is 3.86. The molecule has 1 heterocycles. The number of non-ortho nitro benzene ring substituents is 1. The molecule has 0 fully saturated rings. The van der Waals surface area contributed by atoms with Crippen LogP contribution >= 0.6 is 15.9 Å². The lowest BCUT2D eigenvalue weighted by molar-refractivity contribution is -0.384. The molecule has 21 heavy (non-hydrogen) atoms. The van der Waals surface area contributed by atoms with Gasteiger partial charge in [-0.3, -0.25) is 10.1 Å². The summed E-state index contributed by atoms with van der Waals surface area (Å²) in [4.78, 5) is 14.6. The second kappa shape index (κ2) is 5.14. The van der Waals surface area contributed by atoms with Crippen molar-refractivity contribution in [3.05, 3.63) is 63.2 Å². The van der Waals surface area contributed by atoms with E-state index in [1.807, 2.05) is 24.3 Å². The van der Waals surface area contributed by atoms with Gasteiger partial charge in [-0.05, 0) is 39.0 Å². The van der Waals surface area contributed by atoms with E-state index in [-0.39, 0.29) is 5.69 Å². The Morgan fingerprint density at radius 1 is 1.05 bits per heavy atom. The number of aromatic nitrogens is 1. The molecule has 2 aromatic carbocycles. The monoisotopic (exact) mass is 343 g/mol. The zero-order valence-corrected chi connectivity index (χ0v) is 12.4. The van der Waals surface area contributed by atoms with Gasteiger partial charge in [0.05, 0.1) is 4.92 Å². The molecular formula is C15H10BrN3O2. The summed E-state index contributed by atoms with van der Waals surface area (Å²) < 4.78 is 0.682. The van der Waals surface area contributed by atoms with E-state index in [0.717, 1.165) is 21.9 Å². The molecule has 0 saturated carbocycles. The fourth-order valence-corrected chi connectivity index (χ4v) is 2.83. The number of nitrogens with zero attached hydrogens (tertiary/aromatic N) is 2. The SMILES string of the molecule is Nc1nc(Br)c2ccccc2c1-c1ccc([N+](=O)[O-])cc1. The first-order valence-corrected chi connectivity index (χ1v) is 6.96. The third-order valence-electron chi connectivity index (χ3n) is 3.26. The number of fused-ring (bicyclic) bond motifs is 1. The van der Waals surface area contributed by atoms with Gasteiger partial charge in [0.2, 0.25) is 0 Å². The number of nitro benzene ring substituents is 1.